The summed E-state index contributed by atoms with van der Waals surface area (Å²) < 4.78 is 5.93. The van der Waals surface area contributed by atoms with Gasteiger partial charge in [-0.25, -0.2) is 9.97 Å². The molecule has 0 saturated carbocycles. The molecule has 2 heterocycles. The number of amides is 1. The number of para-hydroxylation sites is 1. The first-order chi connectivity index (χ1) is 11.5. The molecule has 1 N–H and O–H groups in total. The Balaban J connectivity index is 1.76. The van der Waals surface area contributed by atoms with Gasteiger partial charge in [0.1, 0.15) is 29.0 Å². The topological polar surface area (TPSA) is 75.6 Å². The second-order valence-corrected chi connectivity index (χ2v) is 6.27. The number of benzene rings is 1. The van der Waals surface area contributed by atoms with Gasteiger partial charge in [0.25, 0.3) is 5.91 Å². The molecule has 0 unspecified atom stereocenters. The third kappa shape index (κ3) is 3.54. The molecule has 1 aliphatic rings. The second kappa shape index (κ2) is 6.57. The largest absolute Gasteiger partial charge is 0.486 e. The molecule has 2 atom stereocenters. The average molecular weight is 327 g/mol. The van der Waals surface area contributed by atoms with Crippen LogP contribution in [-0.4, -0.2) is 50.7 Å². The van der Waals surface area contributed by atoms with E-state index in [-0.39, 0.29) is 5.91 Å². The molecule has 0 bridgehead atoms. The summed E-state index contributed by atoms with van der Waals surface area (Å²) in [5, 5.41) is 10.6. The number of hydrogen-bond acceptors (Lipinski definition) is 5. The number of carbonyl (C=O) groups is 1. The van der Waals surface area contributed by atoms with Crippen LogP contribution in [0.2, 0.25) is 0 Å². The highest BCUT2D eigenvalue weighted by molar-refractivity contribution is 5.92. The van der Waals surface area contributed by atoms with E-state index >= 15 is 0 Å². The molecule has 1 fully saturated rings. The lowest BCUT2D eigenvalue weighted by molar-refractivity contribution is -0.0882. The minimum Gasteiger partial charge on any atom is -0.486 e. The van der Waals surface area contributed by atoms with Crippen LogP contribution in [0.5, 0.6) is 5.75 Å². The smallest absolute Gasteiger partial charge is 0.272 e. The molecule has 6 heteroatoms. The number of rotatable bonds is 3. The van der Waals surface area contributed by atoms with Crippen LogP contribution in [0.4, 0.5) is 0 Å². The lowest BCUT2D eigenvalue weighted by atomic mass is 9.90. The Bertz CT molecular complexity index is 718. The van der Waals surface area contributed by atoms with Gasteiger partial charge in [0.2, 0.25) is 0 Å². The summed E-state index contributed by atoms with van der Waals surface area (Å²) in [4.78, 5) is 22.5. The molecule has 126 valence electrons. The van der Waals surface area contributed by atoms with E-state index in [1.807, 2.05) is 30.3 Å². The predicted molar refractivity (Wildman–Crippen MR) is 88.8 cm³/mol. The first kappa shape index (κ1) is 16.4. The monoisotopic (exact) mass is 327 g/mol. The van der Waals surface area contributed by atoms with Crippen molar-refractivity contribution in [2.45, 2.75) is 32.0 Å². The number of aryl methyl sites for hydroxylation is 1. The number of ether oxygens (including phenoxy) is 1. The van der Waals surface area contributed by atoms with Crippen molar-refractivity contribution in [2.75, 3.05) is 13.1 Å². The zero-order valence-corrected chi connectivity index (χ0v) is 13.8. The molecular formula is C18H21N3O3. The maximum atomic E-state index is 12.7. The number of hydrogen-bond donors (Lipinski definition) is 1. The Morgan fingerprint density at radius 1 is 1.33 bits per heavy atom. The third-order valence-corrected chi connectivity index (χ3v) is 4.27. The highest BCUT2D eigenvalue weighted by Crippen LogP contribution is 2.27. The van der Waals surface area contributed by atoms with Crippen molar-refractivity contribution in [3.8, 4) is 5.75 Å². The van der Waals surface area contributed by atoms with E-state index in [0.717, 1.165) is 0 Å². The summed E-state index contributed by atoms with van der Waals surface area (Å²) in [5.74, 6) is 1.06. The highest BCUT2D eigenvalue weighted by atomic mass is 16.5. The van der Waals surface area contributed by atoms with Gasteiger partial charge in [-0.2, -0.15) is 0 Å². The summed E-state index contributed by atoms with van der Waals surface area (Å²) in [5.41, 5.74) is -0.628. The Kier molecular flexibility index (Phi) is 4.49. The Morgan fingerprint density at radius 3 is 2.79 bits per heavy atom. The van der Waals surface area contributed by atoms with E-state index in [2.05, 4.69) is 9.97 Å². The second-order valence-electron chi connectivity index (χ2n) is 6.27. The SMILES string of the molecule is Cc1nccc(C(=O)N2CC[C@@](C)(O)[C@H](Oc3ccccc3)C2)n1. The van der Waals surface area contributed by atoms with Crippen molar-refractivity contribution in [2.24, 2.45) is 0 Å². The van der Waals surface area contributed by atoms with Gasteiger partial charge in [-0.3, -0.25) is 4.79 Å². The fraction of sp³-hybridized carbons (Fsp3) is 0.389. The quantitative estimate of drug-likeness (QED) is 0.931. The molecule has 1 amide bonds. The molecule has 1 aromatic heterocycles. The maximum Gasteiger partial charge on any atom is 0.272 e. The summed E-state index contributed by atoms with van der Waals surface area (Å²) in [6.45, 7) is 4.27. The minimum absolute atomic E-state index is 0.169. The number of aromatic nitrogens is 2. The van der Waals surface area contributed by atoms with Gasteiger partial charge >= 0.3 is 0 Å². The lowest BCUT2D eigenvalue weighted by Crippen LogP contribution is -2.57. The van der Waals surface area contributed by atoms with E-state index in [4.69, 9.17) is 4.74 Å². The van der Waals surface area contributed by atoms with E-state index < -0.39 is 11.7 Å². The Hall–Kier alpha value is -2.47. The van der Waals surface area contributed by atoms with Crippen LogP contribution in [0.3, 0.4) is 0 Å². The molecule has 24 heavy (non-hydrogen) atoms. The van der Waals surface area contributed by atoms with Crippen molar-refractivity contribution in [1.82, 2.24) is 14.9 Å². The van der Waals surface area contributed by atoms with Gasteiger partial charge in [0.05, 0.1) is 6.54 Å². The summed E-state index contributed by atoms with van der Waals surface area (Å²) in [6, 6.07) is 10.9. The summed E-state index contributed by atoms with van der Waals surface area (Å²) in [6.07, 6.45) is 1.52. The van der Waals surface area contributed by atoms with Gasteiger partial charge in [-0.15, -0.1) is 0 Å². The van der Waals surface area contributed by atoms with Crippen LogP contribution in [0.15, 0.2) is 42.6 Å². The lowest BCUT2D eigenvalue weighted by Gasteiger charge is -2.42. The van der Waals surface area contributed by atoms with Crippen LogP contribution >= 0.6 is 0 Å². The van der Waals surface area contributed by atoms with Crippen molar-refractivity contribution in [3.63, 3.8) is 0 Å². The van der Waals surface area contributed by atoms with Crippen molar-refractivity contribution >= 4 is 5.91 Å². The van der Waals surface area contributed by atoms with Crippen molar-refractivity contribution in [3.05, 3.63) is 54.1 Å². The van der Waals surface area contributed by atoms with E-state index in [0.29, 0.717) is 36.8 Å². The molecule has 1 aromatic carbocycles. The van der Waals surface area contributed by atoms with Crippen LogP contribution < -0.4 is 4.74 Å². The molecule has 0 spiro atoms. The molecule has 3 rings (SSSR count). The van der Waals surface area contributed by atoms with E-state index in [9.17, 15) is 9.90 Å². The minimum atomic E-state index is -0.992. The fourth-order valence-corrected chi connectivity index (χ4v) is 2.76. The van der Waals surface area contributed by atoms with Gasteiger partial charge in [0, 0.05) is 12.7 Å². The third-order valence-electron chi connectivity index (χ3n) is 4.27. The number of aliphatic hydroxyl groups is 1. The van der Waals surface area contributed by atoms with Crippen molar-refractivity contribution in [1.29, 1.82) is 0 Å². The zero-order chi connectivity index (χ0) is 17.2. The fourth-order valence-electron chi connectivity index (χ4n) is 2.76. The van der Waals surface area contributed by atoms with Gasteiger partial charge in [-0.05, 0) is 38.5 Å². The van der Waals surface area contributed by atoms with Gasteiger partial charge in [0.15, 0.2) is 0 Å². The number of carbonyl (C=O) groups excluding carboxylic acids is 1. The predicted octanol–water partition coefficient (Wildman–Crippen LogP) is 1.83. The number of nitrogens with zero attached hydrogens (tertiary/aromatic N) is 3. The standard InChI is InChI=1S/C18H21N3O3/c1-13-19-10-8-15(20-13)17(22)21-11-9-18(2,23)16(12-21)24-14-6-4-3-5-7-14/h3-8,10,16,23H,9,11-12H2,1-2H3/t16-,18-/m1/s1. The van der Waals surface area contributed by atoms with Crippen LogP contribution in [0.1, 0.15) is 29.7 Å². The first-order valence-corrected chi connectivity index (χ1v) is 7.99. The zero-order valence-electron chi connectivity index (χ0n) is 13.8. The molecule has 1 aliphatic heterocycles. The molecule has 6 nitrogen and oxygen atoms in total. The van der Waals surface area contributed by atoms with Crippen LogP contribution in [-0.2, 0) is 0 Å². The van der Waals surface area contributed by atoms with E-state index in [1.165, 1.54) is 0 Å². The Morgan fingerprint density at radius 2 is 2.08 bits per heavy atom. The summed E-state index contributed by atoms with van der Waals surface area (Å²) >= 11 is 0. The van der Waals surface area contributed by atoms with Gasteiger partial charge in [-0.1, -0.05) is 18.2 Å². The van der Waals surface area contributed by atoms with Crippen molar-refractivity contribution < 1.29 is 14.6 Å². The first-order valence-electron chi connectivity index (χ1n) is 7.99. The molecule has 0 radical (unpaired) electrons. The molecule has 1 saturated heterocycles. The normalized spacial score (nSPS) is 23.8. The van der Waals surface area contributed by atoms with Gasteiger partial charge < -0.3 is 14.7 Å². The maximum absolute atomic E-state index is 12.7. The Labute approximate surface area is 141 Å². The van der Waals surface area contributed by atoms with E-state index in [1.54, 1.807) is 31.0 Å². The molecular weight excluding hydrogens is 306 g/mol. The molecule has 2 aromatic rings. The number of piperidine rings is 1. The average Bonchev–Trinajstić information content (AvgIpc) is 2.57. The number of likely N-dealkylation sites (tertiary alicyclic amines) is 1. The highest BCUT2D eigenvalue weighted by Gasteiger charge is 2.41. The van der Waals surface area contributed by atoms with Crippen LogP contribution in [0.25, 0.3) is 0 Å². The van der Waals surface area contributed by atoms with Crippen LogP contribution in [0, 0.1) is 6.92 Å². The molecule has 0 aliphatic carbocycles. The summed E-state index contributed by atoms with van der Waals surface area (Å²) in [7, 11) is 0.